The van der Waals surface area contributed by atoms with Gasteiger partial charge in [-0.2, -0.15) is 0 Å². The molecule has 1 aromatic carbocycles. The fourth-order valence-electron chi connectivity index (χ4n) is 4.71. The molecule has 3 rings (SSSR count). The van der Waals surface area contributed by atoms with Gasteiger partial charge in [0.25, 0.3) is 0 Å². The molecule has 0 heterocycles. The lowest BCUT2D eigenvalue weighted by Crippen LogP contribution is -2.32. The SMILES string of the molecule is CCCC(Cc1ccccc1)(CC1CC1)C1CCCC1. The maximum absolute atomic E-state index is 2.39. The van der Waals surface area contributed by atoms with Crippen LogP contribution >= 0.6 is 0 Å². The summed E-state index contributed by atoms with van der Waals surface area (Å²) in [6.45, 7) is 2.39. The third-order valence-corrected chi connectivity index (χ3v) is 5.76. The first-order valence-corrected chi connectivity index (χ1v) is 8.86. The maximum atomic E-state index is 2.39. The van der Waals surface area contributed by atoms with Crippen molar-refractivity contribution >= 4 is 0 Å². The van der Waals surface area contributed by atoms with Crippen molar-refractivity contribution in [3.05, 3.63) is 35.9 Å². The van der Waals surface area contributed by atoms with E-state index in [0.717, 1.165) is 11.8 Å². The Hall–Kier alpha value is -0.780. The van der Waals surface area contributed by atoms with Gasteiger partial charge >= 0.3 is 0 Å². The van der Waals surface area contributed by atoms with Crippen molar-refractivity contribution in [2.45, 2.75) is 71.1 Å². The molecule has 20 heavy (non-hydrogen) atoms. The molecular formula is C20H30. The van der Waals surface area contributed by atoms with E-state index in [4.69, 9.17) is 0 Å². The Balaban J connectivity index is 1.82. The molecule has 0 saturated heterocycles. The molecule has 2 fully saturated rings. The second kappa shape index (κ2) is 6.33. The molecule has 0 aromatic heterocycles. The van der Waals surface area contributed by atoms with Gasteiger partial charge in [0.1, 0.15) is 0 Å². The summed E-state index contributed by atoms with van der Waals surface area (Å²) in [4.78, 5) is 0. The molecule has 0 heteroatoms. The summed E-state index contributed by atoms with van der Waals surface area (Å²) in [5, 5.41) is 0. The first-order chi connectivity index (χ1) is 9.82. The zero-order valence-electron chi connectivity index (χ0n) is 13.1. The Morgan fingerprint density at radius 1 is 1.00 bits per heavy atom. The van der Waals surface area contributed by atoms with Gasteiger partial charge in [-0.05, 0) is 54.9 Å². The minimum absolute atomic E-state index is 0.619. The van der Waals surface area contributed by atoms with E-state index in [1.807, 2.05) is 0 Å². The van der Waals surface area contributed by atoms with Crippen LogP contribution in [0.15, 0.2) is 30.3 Å². The lowest BCUT2D eigenvalue weighted by atomic mass is 9.64. The van der Waals surface area contributed by atoms with Crippen LogP contribution in [0.4, 0.5) is 0 Å². The molecule has 110 valence electrons. The number of hydrogen-bond donors (Lipinski definition) is 0. The van der Waals surface area contributed by atoms with E-state index >= 15 is 0 Å². The van der Waals surface area contributed by atoms with Crippen LogP contribution in [-0.2, 0) is 6.42 Å². The van der Waals surface area contributed by atoms with Crippen molar-refractivity contribution < 1.29 is 0 Å². The minimum atomic E-state index is 0.619. The summed E-state index contributed by atoms with van der Waals surface area (Å²) in [7, 11) is 0. The average Bonchev–Trinajstić information content (AvgIpc) is 3.08. The van der Waals surface area contributed by atoms with E-state index in [1.165, 1.54) is 64.2 Å². The van der Waals surface area contributed by atoms with Crippen LogP contribution in [-0.4, -0.2) is 0 Å². The normalized spacial score (nSPS) is 22.9. The predicted molar refractivity (Wildman–Crippen MR) is 86.8 cm³/mol. The van der Waals surface area contributed by atoms with Gasteiger partial charge in [-0.15, -0.1) is 0 Å². The van der Waals surface area contributed by atoms with Crippen LogP contribution in [0.2, 0.25) is 0 Å². The van der Waals surface area contributed by atoms with Crippen LogP contribution in [0, 0.1) is 17.3 Å². The highest BCUT2D eigenvalue weighted by molar-refractivity contribution is 5.17. The van der Waals surface area contributed by atoms with E-state index in [1.54, 1.807) is 5.56 Å². The van der Waals surface area contributed by atoms with Crippen LogP contribution in [0.25, 0.3) is 0 Å². The quantitative estimate of drug-likeness (QED) is 0.569. The molecule has 0 N–H and O–H groups in total. The number of rotatable bonds is 7. The summed E-state index contributed by atoms with van der Waals surface area (Å²) in [6, 6.07) is 11.3. The van der Waals surface area contributed by atoms with Crippen LogP contribution < -0.4 is 0 Å². The topological polar surface area (TPSA) is 0 Å². The van der Waals surface area contributed by atoms with Gasteiger partial charge < -0.3 is 0 Å². The van der Waals surface area contributed by atoms with Gasteiger partial charge in [0, 0.05) is 0 Å². The zero-order chi connectivity index (χ0) is 13.8. The largest absolute Gasteiger partial charge is 0.0654 e. The highest BCUT2D eigenvalue weighted by Gasteiger charge is 2.42. The maximum Gasteiger partial charge on any atom is -0.0219 e. The van der Waals surface area contributed by atoms with Gasteiger partial charge in [-0.25, -0.2) is 0 Å². The summed E-state index contributed by atoms with van der Waals surface area (Å²) in [5.74, 6) is 2.06. The zero-order valence-corrected chi connectivity index (χ0v) is 13.1. The Labute approximate surface area is 125 Å². The number of hydrogen-bond acceptors (Lipinski definition) is 0. The molecule has 0 bridgehead atoms. The first-order valence-electron chi connectivity index (χ1n) is 8.86. The van der Waals surface area contributed by atoms with Crippen molar-refractivity contribution in [1.29, 1.82) is 0 Å². The molecule has 0 amide bonds. The molecule has 0 radical (unpaired) electrons. The Morgan fingerprint density at radius 3 is 2.30 bits per heavy atom. The van der Waals surface area contributed by atoms with E-state index in [0.29, 0.717) is 5.41 Å². The van der Waals surface area contributed by atoms with Crippen LogP contribution in [0.1, 0.15) is 70.3 Å². The molecule has 0 spiro atoms. The van der Waals surface area contributed by atoms with E-state index in [9.17, 15) is 0 Å². The average molecular weight is 270 g/mol. The van der Waals surface area contributed by atoms with Crippen molar-refractivity contribution in [1.82, 2.24) is 0 Å². The smallest absolute Gasteiger partial charge is 0.0219 e. The summed E-state index contributed by atoms with van der Waals surface area (Å²) >= 11 is 0. The van der Waals surface area contributed by atoms with Crippen molar-refractivity contribution in [3.8, 4) is 0 Å². The van der Waals surface area contributed by atoms with Gasteiger partial charge in [0.05, 0.1) is 0 Å². The third-order valence-electron chi connectivity index (χ3n) is 5.76. The van der Waals surface area contributed by atoms with Gasteiger partial charge in [-0.1, -0.05) is 69.4 Å². The van der Waals surface area contributed by atoms with E-state index < -0.39 is 0 Å². The van der Waals surface area contributed by atoms with Crippen molar-refractivity contribution in [3.63, 3.8) is 0 Å². The Bertz CT molecular complexity index is 397. The van der Waals surface area contributed by atoms with Gasteiger partial charge in [0.15, 0.2) is 0 Å². The molecule has 2 saturated carbocycles. The lowest BCUT2D eigenvalue weighted by Gasteiger charge is -2.40. The third kappa shape index (κ3) is 3.27. The summed E-state index contributed by atoms with van der Waals surface area (Å²) in [6.07, 6.45) is 14.6. The second-order valence-electron chi connectivity index (χ2n) is 7.40. The molecule has 0 aliphatic heterocycles. The molecule has 1 atom stereocenters. The predicted octanol–water partition coefficient (Wildman–Crippen LogP) is 6.01. The molecular weight excluding hydrogens is 240 g/mol. The van der Waals surface area contributed by atoms with Crippen molar-refractivity contribution in [2.24, 2.45) is 17.3 Å². The van der Waals surface area contributed by atoms with Crippen LogP contribution in [0.3, 0.4) is 0 Å². The molecule has 1 unspecified atom stereocenters. The van der Waals surface area contributed by atoms with Crippen molar-refractivity contribution in [2.75, 3.05) is 0 Å². The Kier molecular flexibility index (Phi) is 4.48. The fraction of sp³-hybridized carbons (Fsp3) is 0.700. The first kappa shape index (κ1) is 14.2. The molecule has 2 aliphatic carbocycles. The highest BCUT2D eigenvalue weighted by atomic mass is 14.5. The Morgan fingerprint density at radius 2 is 1.70 bits per heavy atom. The standard InChI is InChI=1S/C20H30/c1-2-14-20(16-18-12-13-18,19-10-6-7-11-19)15-17-8-4-3-5-9-17/h3-5,8-9,18-19H,2,6-7,10-16H2,1H3. The molecule has 0 nitrogen and oxygen atoms in total. The molecule has 1 aromatic rings. The molecule has 2 aliphatic rings. The van der Waals surface area contributed by atoms with Gasteiger partial charge in [0.2, 0.25) is 0 Å². The summed E-state index contributed by atoms with van der Waals surface area (Å²) in [5.41, 5.74) is 2.20. The van der Waals surface area contributed by atoms with Gasteiger partial charge in [-0.3, -0.25) is 0 Å². The van der Waals surface area contributed by atoms with E-state index in [2.05, 4.69) is 37.3 Å². The monoisotopic (exact) mass is 270 g/mol. The highest BCUT2D eigenvalue weighted by Crippen LogP contribution is 2.53. The van der Waals surface area contributed by atoms with Crippen LogP contribution in [0.5, 0.6) is 0 Å². The summed E-state index contributed by atoms with van der Waals surface area (Å²) < 4.78 is 0. The lowest BCUT2D eigenvalue weighted by molar-refractivity contribution is 0.119. The fourth-order valence-corrected chi connectivity index (χ4v) is 4.71. The minimum Gasteiger partial charge on any atom is -0.0654 e. The van der Waals surface area contributed by atoms with E-state index in [-0.39, 0.29) is 0 Å². The second-order valence-corrected chi connectivity index (χ2v) is 7.40. The number of benzene rings is 1.